The molecule has 3 aromatic carbocycles. The van der Waals surface area contributed by atoms with E-state index in [1.54, 1.807) is 4.68 Å². The highest BCUT2D eigenvalue weighted by atomic mass is 35.5. The lowest BCUT2D eigenvalue weighted by atomic mass is 10.0. The third kappa shape index (κ3) is 4.17. The molecule has 8 heteroatoms. The summed E-state index contributed by atoms with van der Waals surface area (Å²) in [6.07, 6.45) is 0.754. The number of aryl methyl sites for hydroxylation is 1. The number of hydrogen-bond donors (Lipinski definition) is 2. The number of aromatic amines is 1. The van der Waals surface area contributed by atoms with Gasteiger partial charge in [-0.2, -0.15) is 5.10 Å². The van der Waals surface area contributed by atoms with E-state index in [1.165, 1.54) is 0 Å². The lowest BCUT2D eigenvalue weighted by Gasteiger charge is -2.17. The van der Waals surface area contributed by atoms with Crippen molar-refractivity contribution in [2.45, 2.75) is 26.5 Å². The van der Waals surface area contributed by atoms with Gasteiger partial charge in [-0.05, 0) is 41.2 Å². The first kappa shape index (κ1) is 20.7. The molecule has 0 spiro atoms. The summed E-state index contributed by atoms with van der Waals surface area (Å²) in [4.78, 5) is 0. The number of rotatable bonds is 7. The van der Waals surface area contributed by atoms with E-state index in [2.05, 4.69) is 27.8 Å². The Kier molecular flexibility index (Phi) is 6.27. The van der Waals surface area contributed by atoms with Gasteiger partial charge < -0.3 is 10.2 Å². The maximum atomic E-state index is 6.31. The van der Waals surface area contributed by atoms with Crippen LogP contribution >= 0.6 is 35.4 Å². The van der Waals surface area contributed by atoms with Gasteiger partial charge >= 0.3 is 0 Å². The fourth-order valence-electron chi connectivity index (χ4n) is 3.34. The van der Waals surface area contributed by atoms with E-state index in [1.807, 2.05) is 49.4 Å². The van der Waals surface area contributed by atoms with Crippen molar-refractivity contribution in [3.05, 3.63) is 86.4 Å². The molecule has 0 saturated heterocycles. The van der Waals surface area contributed by atoms with Gasteiger partial charge in [0.15, 0.2) is 5.82 Å². The van der Waals surface area contributed by atoms with Crippen LogP contribution in [0.2, 0.25) is 10.0 Å². The van der Waals surface area contributed by atoms with E-state index in [0.717, 1.165) is 39.9 Å². The Hall–Kier alpha value is -2.54. The van der Waals surface area contributed by atoms with Crippen molar-refractivity contribution >= 4 is 46.2 Å². The second kappa shape index (κ2) is 9.08. The zero-order chi connectivity index (χ0) is 21.1. The van der Waals surface area contributed by atoms with E-state index in [0.29, 0.717) is 21.4 Å². The van der Waals surface area contributed by atoms with Crippen LogP contribution in [0, 0.1) is 4.77 Å². The molecule has 2 N–H and O–H groups in total. The Balaban J connectivity index is 1.68. The monoisotopic (exact) mass is 458 g/mol. The number of nitrogens with zero attached hydrogens (tertiary/aromatic N) is 2. The molecule has 154 valence electrons. The van der Waals surface area contributed by atoms with Crippen LogP contribution < -0.4 is 10.2 Å². The smallest absolute Gasteiger partial charge is 0.214 e. The van der Waals surface area contributed by atoms with Crippen LogP contribution in [0.5, 0.6) is 5.75 Å². The Morgan fingerprint density at radius 2 is 1.80 bits per heavy atom. The molecular formula is C22H20Cl2N4OS. The molecule has 0 radical (unpaired) electrons. The summed E-state index contributed by atoms with van der Waals surface area (Å²) in [5.74, 6) is 1.59. The van der Waals surface area contributed by atoms with Crippen molar-refractivity contribution in [3.63, 3.8) is 0 Å². The van der Waals surface area contributed by atoms with Crippen LogP contribution in [0.4, 0.5) is 0 Å². The SMILES string of the molecule is CCc1n[nH]c(=S)n1NCc1c(OCc2c(Cl)cccc2Cl)ccc2ccccc12. The summed E-state index contributed by atoms with van der Waals surface area (Å²) in [6.45, 7) is 2.81. The third-order valence-electron chi connectivity index (χ3n) is 4.90. The standard InChI is InChI=1S/C22H20Cl2N4OS/c1-2-21-26-27-22(30)28(21)25-12-16-15-7-4-3-6-14(15)10-11-20(16)29-13-17-18(23)8-5-9-19(17)24/h3-11,25H,2,12-13H2,1H3,(H,27,30). The van der Waals surface area contributed by atoms with Crippen molar-refractivity contribution < 1.29 is 4.74 Å². The third-order valence-corrected chi connectivity index (χ3v) is 5.89. The molecule has 0 atom stereocenters. The summed E-state index contributed by atoms with van der Waals surface area (Å²) in [7, 11) is 0. The zero-order valence-electron chi connectivity index (χ0n) is 16.3. The van der Waals surface area contributed by atoms with Gasteiger partial charge in [0.25, 0.3) is 0 Å². The van der Waals surface area contributed by atoms with E-state index in [9.17, 15) is 0 Å². The normalized spacial score (nSPS) is 11.0. The maximum absolute atomic E-state index is 6.31. The number of benzene rings is 3. The summed E-state index contributed by atoms with van der Waals surface area (Å²) in [6, 6.07) is 17.6. The molecule has 0 saturated carbocycles. The highest BCUT2D eigenvalue weighted by Crippen LogP contribution is 2.31. The van der Waals surface area contributed by atoms with Crippen molar-refractivity contribution in [1.29, 1.82) is 0 Å². The molecule has 0 fully saturated rings. The molecule has 0 unspecified atom stereocenters. The van der Waals surface area contributed by atoms with E-state index in [-0.39, 0.29) is 6.61 Å². The zero-order valence-corrected chi connectivity index (χ0v) is 18.6. The van der Waals surface area contributed by atoms with Gasteiger partial charge in [0.2, 0.25) is 4.77 Å². The predicted octanol–water partition coefficient (Wildman–Crippen LogP) is 6.29. The number of hydrogen-bond acceptors (Lipinski definition) is 4. The molecule has 1 aromatic heterocycles. The lowest BCUT2D eigenvalue weighted by Crippen LogP contribution is -2.18. The van der Waals surface area contributed by atoms with Crippen LogP contribution in [-0.2, 0) is 19.6 Å². The van der Waals surface area contributed by atoms with Crippen LogP contribution in [0.25, 0.3) is 10.8 Å². The minimum Gasteiger partial charge on any atom is -0.488 e. The van der Waals surface area contributed by atoms with Crippen LogP contribution in [-0.4, -0.2) is 14.9 Å². The first-order valence-corrected chi connectivity index (χ1v) is 10.7. The summed E-state index contributed by atoms with van der Waals surface area (Å²) < 4.78 is 8.50. The number of H-pyrrole nitrogens is 1. The Bertz CT molecular complexity index is 1230. The highest BCUT2D eigenvalue weighted by Gasteiger charge is 2.13. The highest BCUT2D eigenvalue weighted by molar-refractivity contribution is 7.71. The number of fused-ring (bicyclic) bond motifs is 1. The molecule has 0 aliphatic heterocycles. The second-order valence-electron chi connectivity index (χ2n) is 6.72. The van der Waals surface area contributed by atoms with Gasteiger partial charge in [0.1, 0.15) is 12.4 Å². The largest absolute Gasteiger partial charge is 0.488 e. The number of aromatic nitrogens is 3. The fraction of sp³-hybridized carbons (Fsp3) is 0.182. The molecule has 4 aromatic rings. The summed E-state index contributed by atoms with van der Waals surface area (Å²) in [5.41, 5.74) is 5.15. The molecule has 30 heavy (non-hydrogen) atoms. The molecule has 1 heterocycles. The number of halogens is 2. The van der Waals surface area contributed by atoms with Crippen LogP contribution in [0.15, 0.2) is 54.6 Å². The average Bonchev–Trinajstić information content (AvgIpc) is 3.11. The molecule has 0 amide bonds. The van der Waals surface area contributed by atoms with Crippen molar-refractivity contribution in [1.82, 2.24) is 14.9 Å². The van der Waals surface area contributed by atoms with Gasteiger partial charge in [0.05, 0.1) is 6.54 Å². The molecular weight excluding hydrogens is 439 g/mol. The van der Waals surface area contributed by atoms with E-state index >= 15 is 0 Å². The van der Waals surface area contributed by atoms with Crippen LogP contribution in [0.1, 0.15) is 23.9 Å². The first-order chi connectivity index (χ1) is 14.6. The Morgan fingerprint density at radius 3 is 2.57 bits per heavy atom. The molecule has 0 bridgehead atoms. The van der Waals surface area contributed by atoms with Crippen LogP contribution in [0.3, 0.4) is 0 Å². The molecule has 0 aliphatic rings. The quantitative estimate of drug-likeness (QED) is 0.319. The van der Waals surface area contributed by atoms with Gasteiger partial charge in [-0.3, -0.25) is 5.10 Å². The Labute approximate surface area is 189 Å². The summed E-state index contributed by atoms with van der Waals surface area (Å²) in [5, 5.41) is 10.5. The van der Waals surface area contributed by atoms with Gasteiger partial charge in [-0.1, -0.05) is 66.5 Å². The lowest BCUT2D eigenvalue weighted by molar-refractivity contribution is 0.304. The Morgan fingerprint density at radius 1 is 1.03 bits per heavy atom. The fourth-order valence-corrected chi connectivity index (χ4v) is 4.06. The van der Waals surface area contributed by atoms with Gasteiger partial charge in [0, 0.05) is 27.6 Å². The van der Waals surface area contributed by atoms with Gasteiger partial charge in [-0.25, -0.2) is 4.68 Å². The maximum Gasteiger partial charge on any atom is 0.214 e. The molecule has 5 nitrogen and oxygen atoms in total. The van der Waals surface area contributed by atoms with Crippen molar-refractivity contribution in [2.24, 2.45) is 0 Å². The van der Waals surface area contributed by atoms with E-state index < -0.39 is 0 Å². The number of ether oxygens (including phenoxy) is 1. The van der Waals surface area contributed by atoms with E-state index in [4.69, 9.17) is 40.2 Å². The number of nitrogens with one attached hydrogen (secondary N) is 2. The molecule has 0 aliphatic carbocycles. The second-order valence-corrected chi connectivity index (χ2v) is 7.92. The first-order valence-electron chi connectivity index (χ1n) is 9.55. The van der Waals surface area contributed by atoms with Crippen molar-refractivity contribution in [2.75, 3.05) is 5.43 Å². The van der Waals surface area contributed by atoms with Crippen molar-refractivity contribution in [3.8, 4) is 5.75 Å². The summed E-state index contributed by atoms with van der Waals surface area (Å²) >= 11 is 18.0. The average molecular weight is 459 g/mol. The van der Waals surface area contributed by atoms with Gasteiger partial charge in [-0.15, -0.1) is 0 Å². The molecule has 4 rings (SSSR count). The predicted molar refractivity (Wildman–Crippen MR) is 125 cm³/mol. The topological polar surface area (TPSA) is 54.9 Å². The minimum absolute atomic E-state index is 0.273. The minimum atomic E-state index is 0.273.